The minimum absolute atomic E-state index is 0.0885. The highest BCUT2D eigenvalue weighted by molar-refractivity contribution is 7.95. The molecule has 1 aliphatic rings. The molecule has 0 aromatic heterocycles. The van der Waals surface area contributed by atoms with Crippen molar-refractivity contribution in [2.75, 3.05) is 17.9 Å². The van der Waals surface area contributed by atoms with Gasteiger partial charge in [0.15, 0.2) is 11.5 Å². The molecular weight excluding hydrogens is 346 g/mol. The maximum atomic E-state index is 12.3. The second-order valence-electron chi connectivity index (χ2n) is 5.21. The Balaban J connectivity index is 1.90. The summed E-state index contributed by atoms with van der Waals surface area (Å²) in [6.45, 7) is 0.608. The molecule has 2 aromatic rings. The molecule has 0 amide bonds. The van der Waals surface area contributed by atoms with Crippen LogP contribution in [-0.2, 0) is 10.0 Å². The van der Waals surface area contributed by atoms with Crippen molar-refractivity contribution in [3.8, 4) is 11.5 Å². The molecule has 0 saturated carbocycles. The molecule has 0 saturated heterocycles. The Kier molecular flexibility index (Phi) is 4.62. The fraction of sp³-hybridized carbons (Fsp3) is 0.118. The number of anilines is 1. The van der Waals surface area contributed by atoms with Gasteiger partial charge in [0.25, 0.3) is 10.0 Å². The summed E-state index contributed by atoms with van der Waals surface area (Å²) < 4.78 is 37.5. The molecule has 7 nitrogen and oxygen atoms in total. The predicted octanol–water partition coefficient (Wildman–Crippen LogP) is 2.57. The molecule has 3 rings (SSSR count). The molecular formula is C17H15NO6S. The topological polar surface area (TPSA) is 102 Å². The number of hydrogen-bond acceptors (Lipinski definition) is 5. The van der Waals surface area contributed by atoms with Crippen molar-refractivity contribution in [2.24, 2.45) is 0 Å². The first-order valence-electron chi connectivity index (χ1n) is 7.37. The van der Waals surface area contributed by atoms with E-state index in [9.17, 15) is 18.3 Å². The van der Waals surface area contributed by atoms with Crippen LogP contribution in [0.25, 0.3) is 6.08 Å². The van der Waals surface area contributed by atoms with Crippen LogP contribution in [0.1, 0.15) is 15.9 Å². The summed E-state index contributed by atoms with van der Waals surface area (Å²) in [4.78, 5) is 11.4. The molecule has 0 unspecified atom stereocenters. The summed E-state index contributed by atoms with van der Waals surface area (Å²) in [6, 6.07) is 11.4. The first-order chi connectivity index (χ1) is 11.9. The van der Waals surface area contributed by atoms with Gasteiger partial charge < -0.3 is 14.6 Å². The number of aromatic carboxylic acids is 1. The number of rotatable bonds is 5. The van der Waals surface area contributed by atoms with Gasteiger partial charge in [0.1, 0.15) is 13.2 Å². The van der Waals surface area contributed by atoms with E-state index in [4.69, 9.17) is 9.47 Å². The van der Waals surface area contributed by atoms with Crippen molar-refractivity contribution in [3.05, 3.63) is 59.0 Å². The monoisotopic (exact) mass is 361 g/mol. The lowest BCUT2D eigenvalue weighted by atomic mass is 10.1. The van der Waals surface area contributed by atoms with Crippen molar-refractivity contribution in [2.45, 2.75) is 0 Å². The standard InChI is InChI=1S/C17H15NO6S/c19-17(20)13-10-15-16(24-8-7-23-15)11-14(13)18-25(21,22)9-6-12-4-2-1-3-5-12/h1-6,9-11,18H,7-8H2,(H,19,20). The summed E-state index contributed by atoms with van der Waals surface area (Å²) in [5.41, 5.74) is 0.393. The van der Waals surface area contributed by atoms with E-state index in [-0.39, 0.29) is 17.0 Å². The first-order valence-corrected chi connectivity index (χ1v) is 8.92. The zero-order valence-corrected chi connectivity index (χ0v) is 13.8. The fourth-order valence-electron chi connectivity index (χ4n) is 2.27. The summed E-state index contributed by atoms with van der Waals surface area (Å²) in [7, 11) is -3.91. The Bertz CT molecular complexity index is 922. The second kappa shape index (κ2) is 6.86. The van der Waals surface area contributed by atoms with Gasteiger partial charge in [0, 0.05) is 12.1 Å². The van der Waals surface area contributed by atoms with E-state index in [0.29, 0.717) is 24.5 Å². The van der Waals surface area contributed by atoms with Crippen LogP contribution in [0, 0.1) is 0 Å². The summed E-state index contributed by atoms with van der Waals surface area (Å²) in [6.07, 6.45) is 1.42. The quantitative estimate of drug-likeness (QED) is 0.849. The summed E-state index contributed by atoms with van der Waals surface area (Å²) >= 11 is 0. The minimum atomic E-state index is -3.91. The van der Waals surface area contributed by atoms with Gasteiger partial charge in [0.2, 0.25) is 0 Å². The minimum Gasteiger partial charge on any atom is -0.486 e. The van der Waals surface area contributed by atoms with Gasteiger partial charge >= 0.3 is 5.97 Å². The van der Waals surface area contributed by atoms with E-state index < -0.39 is 16.0 Å². The highest BCUT2D eigenvalue weighted by Crippen LogP contribution is 2.36. The summed E-state index contributed by atoms with van der Waals surface area (Å²) in [5.74, 6) is -0.714. The van der Waals surface area contributed by atoms with Crippen molar-refractivity contribution in [1.82, 2.24) is 0 Å². The Labute approximate surface area is 144 Å². The van der Waals surface area contributed by atoms with Crippen molar-refractivity contribution in [3.63, 3.8) is 0 Å². The van der Waals surface area contributed by atoms with Gasteiger partial charge in [-0.1, -0.05) is 30.3 Å². The van der Waals surface area contributed by atoms with Gasteiger partial charge in [-0.05, 0) is 11.6 Å². The summed E-state index contributed by atoms with van der Waals surface area (Å²) in [5, 5.41) is 10.3. The Morgan fingerprint density at radius 2 is 1.72 bits per heavy atom. The van der Waals surface area contributed by atoms with Crippen LogP contribution in [0.5, 0.6) is 11.5 Å². The normalized spacial score (nSPS) is 13.6. The molecule has 2 N–H and O–H groups in total. The number of carboxylic acids is 1. The van der Waals surface area contributed by atoms with Crippen LogP contribution in [0.15, 0.2) is 47.9 Å². The number of benzene rings is 2. The second-order valence-corrected chi connectivity index (χ2v) is 6.77. The third-order valence-corrected chi connectivity index (χ3v) is 4.40. The smallest absolute Gasteiger partial charge is 0.337 e. The zero-order chi connectivity index (χ0) is 17.9. The number of nitrogens with one attached hydrogen (secondary N) is 1. The average Bonchev–Trinajstić information content (AvgIpc) is 2.60. The largest absolute Gasteiger partial charge is 0.486 e. The van der Waals surface area contributed by atoms with E-state index in [2.05, 4.69) is 4.72 Å². The van der Waals surface area contributed by atoms with Crippen LogP contribution in [0.4, 0.5) is 5.69 Å². The number of fused-ring (bicyclic) bond motifs is 1. The molecule has 0 aliphatic carbocycles. The van der Waals surface area contributed by atoms with Gasteiger partial charge in [0.05, 0.1) is 16.7 Å². The predicted molar refractivity (Wildman–Crippen MR) is 92.4 cm³/mol. The van der Waals surface area contributed by atoms with Crippen molar-refractivity contribution in [1.29, 1.82) is 0 Å². The Morgan fingerprint density at radius 1 is 1.08 bits per heavy atom. The molecule has 25 heavy (non-hydrogen) atoms. The lowest BCUT2D eigenvalue weighted by molar-refractivity contribution is 0.0697. The van der Waals surface area contributed by atoms with Crippen LogP contribution in [0.3, 0.4) is 0 Å². The van der Waals surface area contributed by atoms with E-state index in [0.717, 1.165) is 5.41 Å². The number of carbonyl (C=O) groups is 1. The lowest BCUT2D eigenvalue weighted by Gasteiger charge is -2.20. The van der Waals surface area contributed by atoms with E-state index >= 15 is 0 Å². The molecule has 1 heterocycles. The fourth-order valence-corrected chi connectivity index (χ4v) is 3.15. The molecule has 130 valence electrons. The van der Waals surface area contributed by atoms with Crippen LogP contribution < -0.4 is 14.2 Å². The van der Waals surface area contributed by atoms with Gasteiger partial charge in [-0.25, -0.2) is 13.2 Å². The van der Waals surface area contributed by atoms with Gasteiger partial charge in [-0.3, -0.25) is 4.72 Å². The number of hydrogen-bond donors (Lipinski definition) is 2. The molecule has 2 aromatic carbocycles. The molecule has 0 bridgehead atoms. The maximum Gasteiger partial charge on any atom is 0.337 e. The molecule has 0 atom stereocenters. The van der Waals surface area contributed by atoms with Crippen LogP contribution >= 0.6 is 0 Å². The Morgan fingerprint density at radius 3 is 2.36 bits per heavy atom. The highest BCUT2D eigenvalue weighted by Gasteiger charge is 2.21. The third-order valence-electron chi connectivity index (χ3n) is 3.40. The highest BCUT2D eigenvalue weighted by atomic mass is 32.2. The number of carboxylic acid groups (broad SMARTS) is 1. The van der Waals surface area contributed by atoms with Crippen molar-refractivity contribution >= 4 is 27.8 Å². The average molecular weight is 361 g/mol. The molecule has 0 fully saturated rings. The Hall–Kier alpha value is -3.00. The van der Waals surface area contributed by atoms with Crippen molar-refractivity contribution < 1.29 is 27.8 Å². The van der Waals surface area contributed by atoms with E-state index in [1.54, 1.807) is 24.3 Å². The van der Waals surface area contributed by atoms with Crippen LogP contribution in [0.2, 0.25) is 0 Å². The number of sulfonamides is 1. The maximum absolute atomic E-state index is 12.3. The molecule has 8 heteroatoms. The number of ether oxygens (including phenoxy) is 2. The van der Waals surface area contributed by atoms with E-state index in [1.165, 1.54) is 18.2 Å². The van der Waals surface area contributed by atoms with Crippen LogP contribution in [-0.4, -0.2) is 32.7 Å². The first kappa shape index (κ1) is 16.8. The lowest BCUT2D eigenvalue weighted by Crippen LogP contribution is -2.18. The molecule has 0 radical (unpaired) electrons. The van der Waals surface area contributed by atoms with Gasteiger partial charge in [-0.15, -0.1) is 0 Å². The third kappa shape index (κ3) is 4.10. The molecule has 0 spiro atoms. The SMILES string of the molecule is O=C(O)c1cc2c(cc1NS(=O)(=O)C=Cc1ccccc1)OCCO2. The van der Waals surface area contributed by atoms with Gasteiger partial charge in [-0.2, -0.15) is 0 Å². The molecule has 1 aliphatic heterocycles. The van der Waals surface area contributed by atoms with E-state index in [1.807, 2.05) is 6.07 Å². The zero-order valence-electron chi connectivity index (χ0n) is 13.0.